The van der Waals surface area contributed by atoms with Crippen LogP contribution in [-0.4, -0.2) is 11.2 Å². The summed E-state index contributed by atoms with van der Waals surface area (Å²) < 4.78 is 5.66. The smallest absolute Gasteiger partial charge is 0.120 e. The molecular weight excluding hydrogens is 200 g/mol. The largest absolute Gasteiger partial charge is 0.491 e. The summed E-state index contributed by atoms with van der Waals surface area (Å²) >= 11 is 0. The predicted molar refractivity (Wildman–Crippen MR) is 66.9 cm³/mol. The van der Waals surface area contributed by atoms with Gasteiger partial charge in [-0.05, 0) is 62.9 Å². The summed E-state index contributed by atoms with van der Waals surface area (Å²) in [5.41, 5.74) is 3.24. The van der Waals surface area contributed by atoms with E-state index >= 15 is 0 Å². The van der Waals surface area contributed by atoms with Gasteiger partial charge in [-0.3, -0.25) is 0 Å². The number of aliphatic hydroxyl groups excluding tert-OH is 1. The van der Waals surface area contributed by atoms with Crippen LogP contribution < -0.4 is 4.74 Å². The zero-order valence-electron chi connectivity index (χ0n) is 10.9. The van der Waals surface area contributed by atoms with Crippen LogP contribution in [0.2, 0.25) is 0 Å². The molecule has 1 aromatic carbocycles. The van der Waals surface area contributed by atoms with Crippen LogP contribution in [-0.2, 0) is 0 Å². The second kappa shape index (κ2) is 5.35. The van der Waals surface area contributed by atoms with Gasteiger partial charge in [-0.1, -0.05) is 6.92 Å². The molecule has 0 bridgehead atoms. The standard InChI is InChI=1S/C14H22O2/c1-6-13(15)14-10(4)7-12(8-11(14)5)16-9(2)3/h7-9,13,15H,6H2,1-5H3. The van der Waals surface area contributed by atoms with Crippen molar-refractivity contribution in [2.45, 2.75) is 53.2 Å². The molecule has 0 fully saturated rings. The van der Waals surface area contributed by atoms with E-state index in [0.29, 0.717) is 0 Å². The van der Waals surface area contributed by atoms with E-state index < -0.39 is 0 Å². The van der Waals surface area contributed by atoms with Crippen LogP contribution in [0.5, 0.6) is 5.75 Å². The summed E-state index contributed by atoms with van der Waals surface area (Å²) in [6.07, 6.45) is 0.556. The first kappa shape index (κ1) is 13.0. The van der Waals surface area contributed by atoms with E-state index in [-0.39, 0.29) is 12.2 Å². The molecule has 2 heteroatoms. The fourth-order valence-corrected chi connectivity index (χ4v) is 2.00. The van der Waals surface area contributed by atoms with E-state index in [1.54, 1.807) is 0 Å². The topological polar surface area (TPSA) is 29.5 Å². The van der Waals surface area contributed by atoms with Crippen LogP contribution in [0.25, 0.3) is 0 Å². The molecule has 0 heterocycles. The van der Waals surface area contributed by atoms with Gasteiger partial charge < -0.3 is 9.84 Å². The summed E-state index contributed by atoms with van der Waals surface area (Å²) in [4.78, 5) is 0. The van der Waals surface area contributed by atoms with Crippen LogP contribution >= 0.6 is 0 Å². The second-order valence-electron chi connectivity index (χ2n) is 4.56. The monoisotopic (exact) mass is 222 g/mol. The SMILES string of the molecule is CCC(O)c1c(C)cc(OC(C)C)cc1C. The van der Waals surface area contributed by atoms with Crippen molar-refractivity contribution in [2.24, 2.45) is 0 Å². The lowest BCUT2D eigenvalue weighted by Crippen LogP contribution is -2.08. The van der Waals surface area contributed by atoms with Crippen molar-refractivity contribution in [2.75, 3.05) is 0 Å². The molecule has 1 unspecified atom stereocenters. The molecule has 90 valence electrons. The van der Waals surface area contributed by atoms with Crippen molar-refractivity contribution < 1.29 is 9.84 Å². The lowest BCUT2D eigenvalue weighted by Gasteiger charge is -2.18. The molecule has 0 radical (unpaired) electrons. The van der Waals surface area contributed by atoms with Gasteiger partial charge in [-0.15, -0.1) is 0 Å². The number of aryl methyl sites for hydroxylation is 2. The Hall–Kier alpha value is -1.02. The summed E-state index contributed by atoms with van der Waals surface area (Å²) in [5, 5.41) is 9.92. The first-order chi connectivity index (χ1) is 7.45. The average molecular weight is 222 g/mol. The number of hydrogen-bond acceptors (Lipinski definition) is 2. The predicted octanol–water partition coefficient (Wildman–Crippen LogP) is 3.53. The second-order valence-corrected chi connectivity index (χ2v) is 4.56. The van der Waals surface area contributed by atoms with E-state index in [4.69, 9.17) is 4.74 Å². The summed E-state index contributed by atoms with van der Waals surface area (Å²) in [6, 6.07) is 4.00. The van der Waals surface area contributed by atoms with Crippen molar-refractivity contribution in [1.29, 1.82) is 0 Å². The van der Waals surface area contributed by atoms with Gasteiger partial charge in [0.15, 0.2) is 0 Å². The fourth-order valence-electron chi connectivity index (χ4n) is 2.00. The summed E-state index contributed by atoms with van der Waals surface area (Å²) in [7, 11) is 0. The number of aliphatic hydroxyl groups is 1. The van der Waals surface area contributed by atoms with Crippen molar-refractivity contribution in [3.05, 3.63) is 28.8 Å². The minimum atomic E-state index is -0.368. The Kier molecular flexibility index (Phi) is 4.36. The normalized spacial score (nSPS) is 12.9. The molecule has 0 aliphatic heterocycles. The maximum Gasteiger partial charge on any atom is 0.120 e. The zero-order valence-corrected chi connectivity index (χ0v) is 10.9. The molecule has 16 heavy (non-hydrogen) atoms. The molecule has 0 spiro atoms. The van der Waals surface area contributed by atoms with E-state index in [2.05, 4.69) is 0 Å². The van der Waals surface area contributed by atoms with Gasteiger partial charge >= 0.3 is 0 Å². The maximum absolute atomic E-state index is 9.92. The molecule has 0 aliphatic rings. The van der Waals surface area contributed by atoms with Crippen molar-refractivity contribution in [3.8, 4) is 5.75 Å². The van der Waals surface area contributed by atoms with Crippen molar-refractivity contribution in [3.63, 3.8) is 0 Å². The molecule has 1 N–H and O–H groups in total. The quantitative estimate of drug-likeness (QED) is 0.844. The van der Waals surface area contributed by atoms with E-state index in [0.717, 1.165) is 28.9 Å². The van der Waals surface area contributed by atoms with Gasteiger partial charge in [0.05, 0.1) is 12.2 Å². The molecule has 0 aliphatic carbocycles. The average Bonchev–Trinajstić information content (AvgIpc) is 2.15. The highest BCUT2D eigenvalue weighted by molar-refractivity contribution is 5.42. The Balaban J connectivity index is 3.07. The lowest BCUT2D eigenvalue weighted by atomic mass is 9.96. The fraction of sp³-hybridized carbons (Fsp3) is 0.571. The highest BCUT2D eigenvalue weighted by Gasteiger charge is 2.13. The van der Waals surface area contributed by atoms with Crippen LogP contribution in [0.4, 0.5) is 0 Å². The molecule has 0 saturated heterocycles. The summed E-state index contributed by atoms with van der Waals surface area (Å²) in [5.74, 6) is 0.886. The van der Waals surface area contributed by atoms with Crippen LogP contribution in [0.3, 0.4) is 0 Å². The number of ether oxygens (including phenoxy) is 1. The van der Waals surface area contributed by atoms with Crippen molar-refractivity contribution in [1.82, 2.24) is 0 Å². The molecule has 1 rings (SSSR count). The Labute approximate surface area is 98.3 Å². The number of benzene rings is 1. The van der Waals surface area contributed by atoms with Crippen LogP contribution in [0, 0.1) is 13.8 Å². The molecule has 0 saturated carbocycles. The Morgan fingerprint density at radius 3 is 2.06 bits per heavy atom. The Bertz CT molecular complexity index is 333. The van der Waals surface area contributed by atoms with E-state index in [1.807, 2.05) is 46.8 Å². The molecule has 2 nitrogen and oxygen atoms in total. The van der Waals surface area contributed by atoms with Crippen LogP contribution in [0.15, 0.2) is 12.1 Å². The first-order valence-electron chi connectivity index (χ1n) is 5.91. The van der Waals surface area contributed by atoms with E-state index in [1.165, 1.54) is 0 Å². The number of hydrogen-bond donors (Lipinski definition) is 1. The van der Waals surface area contributed by atoms with Gasteiger partial charge in [0.1, 0.15) is 5.75 Å². The molecule has 1 aromatic rings. The summed E-state index contributed by atoms with van der Waals surface area (Å²) in [6.45, 7) is 10.1. The van der Waals surface area contributed by atoms with Gasteiger partial charge in [0.2, 0.25) is 0 Å². The third-order valence-electron chi connectivity index (χ3n) is 2.66. The third kappa shape index (κ3) is 2.99. The highest BCUT2D eigenvalue weighted by Crippen LogP contribution is 2.28. The third-order valence-corrected chi connectivity index (χ3v) is 2.66. The lowest BCUT2D eigenvalue weighted by molar-refractivity contribution is 0.172. The minimum Gasteiger partial charge on any atom is -0.491 e. The maximum atomic E-state index is 9.92. The zero-order chi connectivity index (χ0) is 12.3. The van der Waals surface area contributed by atoms with Crippen LogP contribution in [0.1, 0.15) is 50.0 Å². The first-order valence-corrected chi connectivity index (χ1v) is 5.91. The molecule has 0 amide bonds. The van der Waals surface area contributed by atoms with Gasteiger partial charge in [-0.2, -0.15) is 0 Å². The van der Waals surface area contributed by atoms with Crippen molar-refractivity contribution >= 4 is 0 Å². The van der Waals surface area contributed by atoms with Gasteiger partial charge in [-0.25, -0.2) is 0 Å². The van der Waals surface area contributed by atoms with Gasteiger partial charge in [0.25, 0.3) is 0 Å². The minimum absolute atomic E-state index is 0.181. The number of rotatable bonds is 4. The Morgan fingerprint density at radius 2 is 1.69 bits per heavy atom. The Morgan fingerprint density at radius 1 is 1.19 bits per heavy atom. The molecule has 0 aromatic heterocycles. The molecule has 1 atom stereocenters. The van der Waals surface area contributed by atoms with Gasteiger partial charge in [0, 0.05) is 0 Å². The highest BCUT2D eigenvalue weighted by atomic mass is 16.5. The molecular formula is C14H22O2. The van der Waals surface area contributed by atoms with E-state index in [9.17, 15) is 5.11 Å².